The Kier molecular flexibility index (Phi) is 6.32. The molecular formula is C13H17Br2N. The van der Waals surface area contributed by atoms with Crippen LogP contribution in [0.3, 0.4) is 0 Å². The molecule has 1 aromatic rings. The third-order valence-corrected chi connectivity index (χ3v) is 3.63. The molecule has 16 heavy (non-hydrogen) atoms. The first-order chi connectivity index (χ1) is 7.69. The molecule has 0 heterocycles. The van der Waals surface area contributed by atoms with E-state index in [1.54, 1.807) is 0 Å². The Morgan fingerprint density at radius 3 is 2.75 bits per heavy atom. The summed E-state index contributed by atoms with van der Waals surface area (Å²) >= 11 is 7.08. The van der Waals surface area contributed by atoms with Gasteiger partial charge >= 0.3 is 0 Å². The summed E-state index contributed by atoms with van der Waals surface area (Å²) < 4.78 is 2.25. The van der Waals surface area contributed by atoms with Crippen molar-refractivity contribution in [3.8, 4) is 0 Å². The lowest BCUT2D eigenvalue weighted by molar-refractivity contribution is 0.518. The maximum Gasteiger partial charge on any atom is 0.0334 e. The van der Waals surface area contributed by atoms with Crippen LogP contribution in [-0.2, 0) is 0 Å². The Balaban J connectivity index is 2.86. The van der Waals surface area contributed by atoms with Crippen molar-refractivity contribution in [3.63, 3.8) is 0 Å². The van der Waals surface area contributed by atoms with E-state index in [4.69, 9.17) is 0 Å². The Morgan fingerprint density at radius 1 is 1.44 bits per heavy atom. The molecule has 1 aromatic carbocycles. The average Bonchev–Trinajstić information content (AvgIpc) is 2.25. The van der Waals surface area contributed by atoms with Gasteiger partial charge in [0, 0.05) is 15.0 Å². The van der Waals surface area contributed by atoms with Crippen LogP contribution in [0.25, 0.3) is 0 Å². The van der Waals surface area contributed by atoms with Crippen LogP contribution in [-0.4, -0.2) is 6.54 Å². The van der Waals surface area contributed by atoms with E-state index < -0.39 is 0 Å². The van der Waals surface area contributed by atoms with Crippen LogP contribution < -0.4 is 5.32 Å². The van der Waals surface area contributed by atoms with Crippen LogP contribution >= 0.6 is 31.9 Å². The van der Waals surface area contributed by atoms with E-state index in [-0.39, 0.29) is 0 Å². The largest absolute Gasteiger partial charge is 0.310 e. The highest BCUT2D eigenvalue weighted by molar-refractivity contribution is 9.11. The summed E-state index contributed by atoms with van der Waals surface area (Å²) in [5.41, 5.74) is 1.31. The summed E-state index contributed by atoms with van der Waals surface area (Å²) in [7, 11) is 0. The summed E-state index contributed by atoms with van der Waals surface area (Å²) in [6.07, 6.45) is 4.08. The molecule has 0 spiro atoms. The van der Waals surface area contributed by atoms with Crippen LogP contribution in [0.1, 0.15) is 31.4 Å². The first-order valence-electron chi connectivity index (χ1n) is 5.48. The van der Waals surface area contributed by atoms with E-state index in [0.29, 0.717) is 6.04 Å². The highest BCUT2D eigenvalue weighted by Gasteiger charge is 2.12. The first kappa shape index (κ1) is 13.9. The van der Waals surface area contributed by atoms with Crippen LogP contribution in [0, 0.1) is 0 Å². The molecule has 0 aliphatic heterocycles. The van der Waals surface area contributed by atoms with Gasteiger partial charge in [0.2, 0.25) is 0 Å². The molecule has 0 fully saturated rings. The molecule has 0 saturated carbocycles. The lowest BCUT2D eigenvalue weighted by atomic mass is 10.0. The van der Waals surface area contributed by atoms with E-state index in [9.17, 15) is 0 Å². The fourth-order valence-corrected chi connectivity index (χ4v) is 3.01. The molecule has 1 atom stereocenters. The molecule has 1 nitrogen and oxygen atoms in total. The fraction of sp³-hybridized carbons (Fsp3) is 0.385. The van der Waals surface area contributed by atoms with Gasteiger partial charge in [-0.3, -0.25) is 0 Å². The number of hydrogen-bond donors (Lipinski definition) is 1. The minimum Gasteiger partial charge on any atom is -0.310 e. The zero-order valence-corrected chi connectivity index (χ0v) is 12.6. The van der Waals surface area contributed by atoms with Crippen molar-refractivity contribution in [3.05, 3.63) is 45.4 Å². The number of allylic oxidation sites excluding steroid dienone is 1. The Morgan fingerprint density at radius 2 is 2.19 bits per heavy atom. The molecule has 0 amide bonds. The van der Waals surface area contributed by atoms with E-state index in [2.05, 4.69) is 68.9 Å². The maximum atomic E-state index is 3.78. The summed E-state index contributed by atoms with van der Waals surface area (Å²) in [5.74, 6) is 0. The van der Waals surface area contributed by atoms with Gasteiger partial charge in [-0.1, -0.05) is 50.9 Å². The smallest absolute Gasteiger partial charge is 0.0334 e. The van der Waals surface area contributed by atoms with Gasteiger partial charge in [0.25, 0.3) is 0 Å². The minimum absolute atomic E-state index is 0.394. The van der Waals surface area contributed by atoms with Gasteiger partial charge in [-0.15, -0.1) is 6.58 Å². The Labute approximate surface area is 115 Å². The number of rotatable bonds is 6. The van der Waals surface area contributed by atoms with Crippen molar-refractivity contribution >= 4 is 31.9 Å². The molecule has 0 saturated heterocycles. The summed E-state index contributed by atoms with van der Waals surface area (Å²) in [4.78, 5) is 0. The third kappa shape index (κ3) is 4.04. The van der Waals surface area contributed by atoms with Crippen molar-refractivity contribution in [1.82, 2.24) is 5.32 Å². The SMILES string of the molecule is C=CCCC(NCC)c1ccc(Br)cc1Br. The van der Waals surface area contributed by atoms with Crippen LogP contribution in [0.2, 0.25) is 0 Å². The van der Waals surface area contributed by atoms with Crippen molar-refractivity contribution < 1.29 is 0 Å². The molecule has 1 unspecified atom stereocenters. The van der Waals surface area contributed by atoms with Gasteiger partial charge in [0.1, 0.15) is 0 Å². The van der Waals surface area contributed by atoms with E-state index >= 15 is 0 Å². The maximum absolute atomic E-state index is 3.78. The van der Waals surface area contributed by atoms with E-state index in [1.807, 2.05) is 6.08 Å². The minimum atomic E-state index is 0.394. The quantitative estimate of drug-likeness (QED) is 0.727. The number of benzene rings is 1. The molecule has 1 rings (SSSR count). The fourth-order valence-electron chi connectivity index (χ4n) is 1.68. The van der Waals surface area contributed by atoms with Crippen molar-refractivity contribution in [2.45, 2.75) is 25.8 Å². The molecule has 88 valence electrons. The van der Waals surface area contributed by atoms with Crippen LogP contribution in [0.4, 0.5) is 0 Å². The van der Waals surface area contributed by atoms with Crippen molar-refractivity contribution in [1.29, 1.82) is 0 Å². The molecule has 1 N–H and O–H groups in total. The summed E-state index contributed by atoms with van der Waals surface area (Å²) in [6, 6.07) is 6.72. The van der Waals surface area contributed by atoms with Crippen LogP contribution in [0.15, 0.2) is 39.8 Å². The molecule has 0 aliphatic rings. The predicted molar refractivity (Wildman–Crippen MR) is 77.7 cm³/mol. The van der Waals surface area contributed by atoms with Gasteiger partial charge in [-0.05, 0) is 37.1 Å². The Hall–Kier alpha value is -0.120. The first-order valence-corrected chi connectivity index (χ1v) is 7.06. The molecule has 0 aliphatic carbocycles. The van der Waals surface area contributed by atoms with Gasteiger partial charge in [-0.25, -0.2) is 0 Å². The van der Waals surface area contributed by atoms with Gasteiger partial charge in [-0.2, -0.15) is 0 Å². The number of halogens is 2. The second-order valence-corrected chi connectivity index (χ2v) is 5.41. The summed E-state index contributed by atoms with van der Waals surface area (Å²) in [6.45, 7) is 6.89. The number of nitrogens with one attached hydrogen (secondary N) is 1. The average molecular weight is 347 g/mol. The topological polar surface area (TPSA) is 12.0 Å². The molecule has 0 bridgehead atoms. The second-order valence-electron chi connectivity index (χ2n) is 3.64. The third-order valence-electron chi connectivity index (χ3n) is 2.45. The Bertz CT molecular complexity index is 350. The van der Waals surface area contributed by atoms with Crippen molar-refractivity contribution in [2.24, 2.45) is 0 Å². The van der Waals surface area contributed by atoms with Gasteiger partial charge in [0.15, 0.2) is 0 Å². The molecular weight excluding hydrogens is 330 g/mol. The molecule has 3 heteroatoms. The van der Waals surface area contributed by atoms with Crippen LogP contribution in [0.5, 0.6) is 0 Å². The molecule has 0 aromatic heterocycles. The summed E-state index contributed by atoms with van der Waals surface area (Å²) in [5, 5.41) is 3.50. The van der Waals surface area contributed by atoms with Crippen molar-refractivity contribution in [2.75, 3.05) is 6.54 Å². The zero-order chi connectivity index (χ0) is 12.0. The highest BCUT2D eigenvalue weighted by Crippen LogP contribution is 2.29. The van der Waals surface area contributed by atoms with E-state index in [0.717, 1.165) is 28.3 Å². The zero-order valence-electron chi connectivity index (χ0n) is 9.47. The standard InChI is InChI=1S/C13H17Br2N/c1-3-5-6-13(16-4-2)11-8-7-10(14)9-12(11)15/h3,7-9,13,16H,1,4-6H2,2H3. The van der Waals surface area contributed by atoms with E-state index in [1.165, 1.54) is 5.56 Å². The monoisotopic (exact) mass is 345 g/mol. The van der Waals surface area contributed by atoms with Gasteiger partial charge in [0.05, 0.1) is 0 Å². The van der Waals surface area contributed by atoms with Gasteiger partial charge < -0.3 is 5.32 Å². The second kappa shape index (κ2) is 7.25. The lowest BCUT2D eigenvalue weighted by Crippen LogP contribution is -2.21. The highest BCUT2D eigenvalue weighted by atomic mass is 79.9. The lowest BCUT2D eigenvalue weighted by Gasteiger charge is -2.19. The normalized spacial score (nSPS) is 12.4. The molecule has 0 radical (unpaired) electrons. The predicted octanol–water partition coefficient (Wildman–Crippen LogP) is 4.83. The number of hydrogen-bond acceptors (Lipinski definition) is 1.